The van der Waals surface area contributed by atoms with Gasteiger partial charge >= 0.3 is 6.18 Å². The minimum atomic E-state index is -4.45. The van der Waals surface area contributed by atoms with Crippen LogP contribution in [0.15, 0.2) is 30.3 Å². The zero-order valence-corrected chi connectivity index (χ0v) is 15.0. The number of hydrogen-bond acceptors (Lipinski definition) is 3. The molecule has 0 aliphatic carbocycles. The topological polar surface area (TPSA) is 52.7 Å². The van der Waals surface area contributed by atoms with Gasteiger partial charge in [0.15, 0.2) is 0 Å². The number of likely N-dealkylation sites (tertiary alicyclic amines) is 2. The molecule has 27 heavy (non-hydrogen) atoms. The van der Waals surface area contributed by atoms with Crippen LogP contribution in [0.3, 0.4) is 0 Å². The molecule has 2 heterocycles. The van der Waals surface area contributed by atoms with E-state index in [1.54, 1.807) is 0 Å². The van der Waals surface area contributed by atoms with Crippen LogP contribution in [0.25, 0.3) is 0 Å². The van der Waals surface area contributed by atoms with Crippen LogP contribution in [-0.2, 0) is 9.59 Å². The highest BCUT2D eigenvalue weighted by Crippen LogP contribution is 2.26. The van der Waals surface area contributed by atoms with E-state index < -0.39 is 24.5 Å². The van der Waals surface area contributed by atoms with Crippen molar-refractivity contribution < 1.29 is 22.8 Å². The monoisotopic (exact) mass is 383 g/mol. The highest BCUT2D eigenvalue weighted by Gasteiger charge is 2.40. The van der Waals surface area contributed by atoms with Crippen LogP contribution in [0.5, 0.6) is 0 Å². The third-order valence-corrected chi connectivity index (χ3v) is 5.19. The first-order valence-corrected chi connectivity index (χ1v) is 9.25. The number of nitrogens with zero attached hydrogens (tertiary/aromatic N) is 2. The van der Waals surface area contributed by atoms with Gasteiger partial charge in [0.05, 0.1) is 12.0 Å². The zero-order valence-electron chi connectivity index (χ0n) is 15.0. The highest BCUT2D eigenvalue weighted by molar-refractivity contribution is 5.89. The van der Waals surface area contributed by atoms with Gasteiger partial charge in [-0.15, -0.1) is 0 Å². The van der Waals surface area contributed by atoms with Crippen LogP contribution in [0.4, 0.5) is 13.2 Å². The highest BCUT2D eigenvalue weighted by atomic mass is 19.4. The van der Waals surface area contributed by atoms with Gasteiger partial charge in [0, 0.05) is 19.5 Å². The summed E-state index contributed by atoms with van der Waals surface area (Å²) in [5, 5.41) is 2.86. The third-order valence-electron chi connectivity index (χ3n) is 5.19. The standard InChI is InChI=1S/C19H24F3N3O2/c20-19(21,22)13-25-12-15(10-17(25)26)18(27)23-11-16(24-8-4-5-9-24)14-6-2-1-3-7-14/h1-3,6-7,15-16H,4-5,8-13H2,(H,23,27). The molecule has 0 radical (unpaired) electrons. The Bertz CT molecular complexity index is 660. The summed E-state index contributed by atoms with van der Waals surface area (Å²) in [6, 6.07) is 9.89. The summed E-state index contributed by atoms with van der Waals surface area (Å²) in [7, 11) is 0. The fourth-order valence-electron chi connectivity index (χ4n) is 3.84. The van der Waals surface area contributed by atoms with Crippen molar-refractivity contribution in [2.75, 3.05) is 32.7 Å². The number of halogens is 3. The number of rotatable bonds is 6. The van der Waals surface area contributed by atoms with Crippen LogP contribution in [0.2, 0.25) is 0 Å². The maximum atomic E-state index is 12.5. The Kier molecular flexibility index (Phi) is 6.04. The molecule has 0 aromatic heterocycles. The second-order valence-electron chi connectivity index (χ2n) is 7.21. The van der Waals surface area contributed by atoms with E-state index in [0.29, 0.717) is 6.54 Å². The molecule has 0 bridgehead atoms. The quantitative estimate of drug-likeness (QED) is 0.821. The van der Waals surface area contributed by atoms with Crippen LogP contribution >= 0.6 is 0 Å². The molecular formula is C19H24F3N3O2. The lowest BCUT2D eigenvalue weighted by Gasteiger charge is -2.28. The summed E-state index contributed by atoms with van der Waals surface area (Å²) in [6.07, 6.45) is -2.39. The van der Waals surface area contributed by atoms with E-state index in [2.05, 4.69) is 10.2 Å². The lowest BCUT2D eigenvalue weighted by molar-refractivity contribution is -0.157. The van der Waals surface area contributed by atoms with Gasteiger partial charge in [-0.2, -0.15) is 13.2 Å². The largest absolute Gasteiger partial charge is 0.406 e. The van der Waals surface area contributed by atoms with Crippen LogP contribution in [-0.4, -0.2) is 60.5 Å². The Morgan fingerprint density at radius 2 is 1.85 bits per heavy atom. The van der Waals surface area contributed by atoms with Crippen molar-refractivity contribution in [3.8, 4) is 0 Å². The molecule has 1 N–H and O–H groups in total. The van der Waals surface area contributed by atoms with Gasteiger partial charge < -0.3 is 10.2 Å². The molecule has 2 aliphatic rings. The van der Waals surface area contributed by atoms with Gasteiger partial charge in [0.25, 0.3) is 0 Å². The molecule has 148 valence electrons. The molecule has 5 nitrogen and oxygen atoms in total. The molecule has 2 saturated heterocycles. The second kappa shape index (κ2) is 8.29. The maximum Gasteiger partial charge on any atom is 0.406 e. The lowest BCUT2D eigenvalue weighted by Crippen LogP contribution is -2.40. The minimum absolute atomic E-state index is 0.0287. The average Bonchev–Trinajstić information content (AvgIpc) is 3.25. The fraction of sp³-hybridized carbons (Fsp3) is 0.579. The SMILES string of the molecule is O=C(NCC(c1ccccc1)N1CCCC1)C1CC(=O)N(CC(F)(F)F)C1. The van der Waals surface area contributed by atoms with Crippen molar-refractivity contribution in [1.29, 1.82) is 0 Å². The second-order valence-corrected chi connectivity index (χ2v) is 7.21. The summed E-state index contributed by atoms with van der Waals surface area (Å²) in [5.41, 5.74) is 1.10. The van der Waals surface area contributed by atoms with Gasteiger partial charge in [-0.3, -0.25) is 14.5 Å². The number of amides is 2. The summed E-state index contributed by atoms with van der Waals surface area (Å²) in [6.45, 7) is 0.820. The molecule has 2 atom stereocenters. The van der Waals surface area contributed by atoms with Crippen molar-refractivity contribution in [3.63, 3.8) is 0 Å². The normalized spacial score (nSPS) is 22.3. The predicted octanol–water partition coefficient (Wildman–Crippen LogP) is 2.35. The Balaban J connectivity index is 1.59. The van der Waals surface area contributed by atoms with Crippen LogP contribution in [0, 0.1) is 5.92 Å². The summed E-state index contributed by atoms with van der Waals surface area (Å²) in [4.78, 5) is 27.3. The van der Waals surface area contributed by atoms with Crippen molar-refractivity contribution in [3.05, 3.63) is 35.9 Å². The Hall–Kier alpha value is -2.09. The molecule has 1 aromatic carbocycles. The summed E-state index contributed by atoms with van der Waals surface area (Å²) >= 11 is 0. The zero-order chi connectivity index (χ0) is 19.4. The van der Waals surface area contributed by atoms with E-state index in [4.69, 9.17) is 0 Å². The van der Waals surface area contributed by atoms with Crippen molar-refractivity contribution in [1.82, 2.24) is 15.1 Å². The molecule has 3 rings (SSSR count). The molecular weight excluding hydrogens is 359 g/mol. The van der Waals surface area contributed by atoms with Crippen LogP contribution in [0.1, 0.15) is 30.9 Å². The Morgan fingerprint density at radius 3 is 2.48 bits per heavy atom. The smallest absolute Gasteiger partial charge is 0.354 e. The van der Waals surface area contributed by atoms with E-state index in [9.17, 15) is 22.8 Å². The van der Waals surface area contributed by atoms with Gasteiger partial charge in [-0.05, 0) is 31.5 Å². The summed E-state index contributed by atoms with van der Waals surface area (Å²) in [5.74, 6) is -1.70. The van der Waals surface area contributed by atoms with Gasteiger partial charge in [-0.1, -0.05) is 30.3 Å². The van der Waals surface area contributed by atoms with Crippen molar-refractivity contribution in [2.45, 2.75) is 31.5 Å². The molecule has 2 unspecified atom stereocenters. The molecule has 2 fully saturated rings. The fourth-order valence-corrected chi connectivity index (χ4v) is 3.84. The first-order valence-electron chi connectivity index (χ1n) is 9.25. The summed E-state index contributed by atoms with van der Waals surface area (Å²) < 4.78 is 37.6. The van der Waals surface area contributed by atoms with Crippen molar-refractivity contribution >= 4 is 11.8 Å². The lowest BCUT2D eigenvalue weighted by atomic mass is 10.0. The van der Waals surface area contributed by atoms with E-state index in [-0.39, 0.29) is 24.9 Å². The van der Waals surface area contributed by atoms with E-state index >= 15 is 0 Å². The number of hydrogen-bond donors (Lipinski definition) is 1. The van der Waals surface area contributed by atoms with E-state index in [1.807, 2.05) is 30.3 Å². The number of nitrogens with one attached hydrogen (secondary N) is 1. The molecule has 0 spiro atoms. The average molecular weight is 383 g/mol. The molecule has 2 amide bonds. The third kappa shape index (κ3) is 5.22. The van der Waals surface area contributed by atoms with Crippen LogP contribution < -0.4 is 5.32 Å². The number of carbonyl (C=O) groups is 2. The number of carbonyl (C=O) groups excluding carboxylic acids is 2. The van der Waals surface area contributed by atoms with E-state index in [1.165, 1.54) is 0 Å². The molecule has 0 saturated carbocycles. The minimum Gasteiger partial charge on any atom is -0.354 e. The molecule has 1 aromatic rings. The Labute approximate surface area is 156 Å². The number of alkyl halides is 3. The van der Waals surface area contributed by atoms with Crippen molar-refractivity contribution in [2.24, 2.45) is 5.92 Å². The number of benzene rings is 1. The van der Waals surface area contributed by atoms with E-state index in [0.717, 1.165) is 36.4 Å². The first-order chi connectivity index (χ1) is 12.8. The van der Waals surface area contributed by atoms with Gasteiger partial charge in [-0.25, -0.2) is 0 Å². The van der Waals surface area contributed by atoms with Gasteiger partial charge in [0.2, 0.25) is 11.8 Å². The molecule has 8 heteroatoms. The molecule has 2 aliphatic heterocycles. The Morgan fingerprint density at radius 1 is 1.19 bits per heavy atom. The predicted molar refractivity (Wildman–Crippen MR) is 93.7 cm³/mol. The maximum absolute atomic E-state index is 12.5. The first kappa shape index (κ1) is 19.7. The van der Waals surface area contributed by atoms with Gasteiger partial charge in [0.1, 0.15) is 6.54 Å².